The summed E-state index contributed by atoms with van der Waals surface area (Å²) in [5.74, 6) is -0.242. The highest BCUT2D eigenvalue weighted by atomic mass is 16.7. The van der Waals surface area contributed by atoms with Gasteiger partial charge in [0.2, 0.25) is 18.3 Å². The second-order valence-corrected chi connectivity index (χ2v) is 11.8. The van der Waals surface area contributed by atoms with Gasteiger partial charge in [0.05, 0.1) is 34.0 Å². The molecule has 0 radical (unpaired) electrons. The number of aliphatic hydroxyl groups is 1. The lowest BCUT2D eigenvalue weighted by Crippen LogP contribution is -2.46. The first-order valence-electron chi connectivity index (χ1n) is 15.6. The molecule has 4 atom stereocenters. The minimum atomic E-state index is -1.83. The maximum absolute atomic E-state index is 13.7. The van der Waals surface area contributed by atoms with E-state index in [1.165, 1.54) is 28.4 Å². The molecule has 252 valence electrons. The predicted molar refractivity (Wildman–Crippen MR) is 172 cm³/mol. The van der Waals surface area contributed by atoms with Crippen molar-refractivity contribution in [2.24, 2.45) is 5.92 Å². The Morgan fingerprint density at radius 2 is 1.55 bits per heavy atom. The average Bonchev–Trinajstić information content (AvgIpc) is 3.56. The van der Waals surface area contributed by atoms with Crippen LogP contribution in [0.4, 0.5) is 0 Å². The number of unbranched alkanes of at least 4 members (excludes halogenated alkanes) is 2. The van der Waals surface area contributed by atoms with Crippen molar-refractivity contribution in [2.75, 3.05) is 35.2 Å². The summed E-state index contributed by atoms with van der Waals surface area (Å²) < 4.78 is 47.6. The van der Waals surface area contributed by atoms with Gasteiger partial charge in [0.1, 0.15) is 11.7 Å². The molecular weight excluding hydrogens is 608 g/mol. The monoisotopic (exact) mass is 650 g/mol. The quantitative estimate of drug-likeness (QED) is 0.179. The summed E-state index contributed by atoms with van der Waals surface area (Å²) in [5.41, 5.74) is 0.0557. The molecule has 5 rings (SSSR count). The first-order valence-corrected chi connectivity index (χ1v) is 15.6. The largest absolute Gasteiger partial charge is 0.493 e. The van der Waals surface area contributed by atoms with E-state index in [-0.39, 0.29) is 41.8 Å². The molecule has 47 heavy (non-hydrogen) atoms. The van der Waals surface area contributed by atoms with Crippen LogP contribution in [0.5, 0.6) is 34.5 Å². The van der Waals surface area contributed by atoms with Crippen LogP contribution in [-0.2, 0) is 14.3 Å². The maximum atomic E-state index is 13.7. The number of benzene rings is 3. The second kappa shape index (κ2) is 14.0. The number of rotatable bonds is 11. The highest BCUT2D eigenvalue weighted by Crippen LogP contribution is 2.61. The van der Waals surface area contributed by atoms with E-state index in [9.17, 15) is 14.7 Å². The predicted octanol–water partition coefficient (Wildman–Crippen LogP) is 6.58. The molecule has 1 aliphatic carbocycles. The first kappa shape index (κ1) is 33.7. The molecule has 0 saturated heterocycles. The van der Waals surface area contributed by atoms with Crippen molar-refractivity contribution in [3.05, 3.63) is 59.2 Å². The maximum Gasteiger partial charge on any atom is 0.338 e. The third kappa shape index (κ3) is 6.12. The molecule has 0 amide bonds. The second-order valence-electron chi connectivity index (χ2n) is 11.8. The number of hydrogen-bond donors (Lipinski definition) is 1. The lowest BCUT2D eigenvalue weighted by atomic mass is 9.71. The van der Waals surface area contributed by atoms with E-state index in [0.29, 0.717) is 40.2 Å². The van der Waals surface area contributed by atoms with Crippen molar-refractivity contribution in [3.8, 4) is 45.6 Å². The van der Waals surface area contributed by atoms with Crippen molar-refractivity contribution < 1.29 is 52.6 Å². The Morgan fingerprint density at radius 1 is 0.872 bits per heavy atom. The van der Waals surface area contributed by atoms with E-state index < -0.39 is 35.7 Å². The number of carbonyl (C=O) groups is 2. The Kier molecular flexibility index (Phi) is 10.0. The zero-order chi connectivity index (χ0) is 33.9. The van der Waals surface area contributed by atoms with Gasteiger partial charge in [-0.3, -0.25) is 4.79 Å². The fourth-order valence-electron chi connectivity index (χ4n) is 6.29. The van der Waals surface area contributed by atoms with E-state index in [0.717, 1.165) is 12.8 Å². The zero-order valence-electron chi connectivity index (χ0n) is 27.8. The molecule has 0 saturated carbocycles. The van der Waals surface area contributed by atoms with Crippen molar-refractivity contribution in [2.45, 2.75) is 64.3 Å². The minimum absolute atomic E-state index is 0.0590. The molecule has 0 bridgehead atoms. The topological polar surface area (TPSA) is 128 Å². The summed E-state index contributed by atoms with van der Waals surface area (Å²) in [4.78, 5) is 27.1. The number of esters is 2. The lowest BCUT2D eigenvalue weighted by Gasteiger charge is -2.44. The van der Waals surface area contributed by atoms with Crippen LogP contribution in [0.2, 0.25) is 0 Å². The summed E-state index contributed by atoms with van der Waals surface area (Å²) in [5, 5.41) is 12.6. The minimum Gasteiger partial charge on any atom is -0.493 e. The van der Waals surface area contributed by atoms with Gasteiger partial charge in [-0.2, -0.15) is 0 Å². The summed E-state index contributed by atoms with van der Waals surface area (Å²) in [7, 11) is 5.90. The van der Waals surface area contributed by atoms with Crippen molar-refractivity contribution in [3.63, 3.8) is 0 Å². The van der Waals surface area contributed by atoms with Gasteiger partial charge in [-0.25, -0.2) is 4.79 Å². The van der Waals surface area contributed by atoms with Gasteiger partial charge in [-0.15, -0.1) is 0 Å². The smallest absolute Gasteiger partial charge is 0.338 e. The van der Waals surface area contributed by atoms with E-state index in [2.05, 4.69) is 6.92 Å². The third-order valence-electron chi connectivity index (χ3n) is 8.94. The molecule has 11 nitrogen and oxygen atoms in total. The molecule has 0 spiro atoms. The fraction of sp³-hybridized carbons (Fsp3) is 0.444. The van der Waals surface area contributed by atoms with Gasteiger partial charge >= 0.3 is 11.9 Å². The Balaban J connectivity index is 1.87. The third-order valence-corrected chi connectivity index (χ3v) is 8.94. The molecule has 3 aromatic carbocycles. The van der Waals surface area contributed by atoms with Crippen LogP contribution >= 0.6 is 0 Å². The van der Waals surface area contributed by atoms with Crippen molar-refractivity contribution >= 4 is 11.9 Å². The molecule has 1 aliphatic heterocycles. The van der Waals surface area contributed by atoms with Crippen molar-refractivity contribution in [1.82, 2.24) is 0 Å². The molecule has 11 heteroatoms. The van der Waals surface area contributed by atoms with Gasteiger partial charge in [0, 0.05) is 34.6 Å². The molecule has 0 fully saturated rings. The van der Waals surface area contributed by atoms with Gasteiger partial charge in [-0.05, 0) is 37.6 Å². The number of hydrogen-bond acceptors (Lipinski definition) is 11. The fourth-order valence-corrected chi connectivity index (χ4v) is 6.29. The Bertz CT molecular complexity index is 1620. The lowest BCUT2D eigenvalue weighted by molar-refractivity contribution is -0.169. The van der Waals surface area contributed by atoms with Gasteiger partial charge in [0.15, 0.2) is 29.1 Å². The average molecular weight is 651 g/mol. The molecule has 0 unspecified atom stereocenters. The van der Waals surface area contributed by atoms with Crippen LogP contribution in [0.15, 0.2) is 42.5 Å². The molecule has 0 aromatic heterocycles. The van der Waals surface area contributed by atoms with Crippen LogP contribution in [0.1, 0.15) is 80.1 Å². The standard InChI is InChI=1S/C36H42O11/c1-8-9-11-16-26(37)46-29-20(2)36(3,39)34(47-35(38)21-14-12-10-13-15-21)23-18-24(40-4)30(41-5)32(42-6)28(23)27-22(29)17-25-31(33(27)43-7)45-19-44-25/h10,12-15,17-18,20,29,34,39H,8-9,11,16,19H2,1-7H3/t20-,29+,34+,36+/m1/s1. The molecule has 1 N–H and O–H groups in total. The van der Waals surface area contributed by atoms with Crippen LogP contribution in [0.25, 0.3) is 11.1 Å². The Morgan fingerprint density at radius 3 is 2.19 bits per heavy atom. The molecule has 3 aromatic rings. The summed E-state index contributed by atoms with van der Waals surface area (Å²) >= 11 is 0. The first-order chi connectivity index (χ1) is 22.6. The highest BCUT2D eigenvalue weighted by Gasteiger charge is 2.51. The summed E-state index contributed by atoms with van der Waals surface area (Å²) in [6.45, 7) is 5.30. The number of methoxy groups -OCH3 is 4. The van der Waals surface area contributed by atoms with E-state index in [4.69, 9.17) is 37.9 Å². The zero-order valence-corrected chi connectivity index (χ0v) is 27.8. The molecular formula is C36H42O11. The Labute approximate surface area is 274 Å². The normalized spacial score (nSPS) is 21.0. The highest BCUT2D eigenvalue weighted by molar-refractivity contribution is 5.92. The number of fused-ring (bicyclic) bond motifs is 4. The summed E-state index contributed by atoms with van der Waals surface area (Å²) in [6, 6.07) is 11.8. The SMILES string of the molecule is CCCCCC(=O)O[C@@H]1c2cc3c(c(OC)c2-c2c(cc(OC)c(OC)c2OC)[C@H](OC(=O)c2ccccc2)[C@@](C)(O)[C@@H]1C)OCO3. The van der Waals surface area contributed by atoms with Crippen molar-refractivity contribution in [1.29, 1.82) is 0 Å². The van der Waals surface area contributed by atoms with E-state index in [1.807, 2.05) is 0 Å². The van der Waals surface area contributed by atoms with Gasteiger partial charge in [0.25, 0.3) is 0 Å². The van der Waals surface area contributed by atoms with Crippen LogP contribution in [-0.4, -0.2) is 57.9 Å². The summed E-state index contributed by atoms with van der Waals surface area (Å²) in [6.07, 6.45) is 0.240. The molecule has 2 aliphatic rings. The van der Waals surface area contributed by atoms with Gasteiger partial charge < -0.3 is 43.0 Å². The van der Waals surface area contributed by atoms with E-state index in [1.54, 1.807) is 56.3 Å². The Hall–Kier alpha value is -4.64. The van der Waals surface area contributed by atoms with Crippen LogP contribution in [0.3, 0.4) is 0 Å². The number of ether oxygens (including phenoxy) is 8. The van der Waals surface area contributed by atoms with Gasteiger partial charge in [-0.1, -0.05) is 44.9 Å². The van der Waals surface area contributed by atoms with Crippen LogP contribution in [0, 0.1) is 5.92 Å². The van der Waals surface area contributed by atoms with E-state index >= 15 is 0 Å². The van der Waals surface area contributed by atoms with Crippen LogP contribution < -0.4 is 28.4 Å². The number of carbonyl (C=O) groups excluding carboxylic acids is 2. The molecule has 1 heterocycles.